The molecule has 1 aromatic heterocycles. The van der Waals surface area contributed by atoms with E-state index in [0.29, 0.717) is 10.9 Å². The molecule has 82 valence electrons. The minimum absolute atomic E-state index is 0.128. The third-order valence-corrected chi connectivity index (χ3v) is 2.27. The van der Waals surface area contributed by atoms with Crippen LogP contribution in [0, 0.1) is 0 Å². The average Bonchev–Trinajstić information content (AvgIpc) is 2.70. The van der Waals surface area contributed by atoms with Crippen molar-refractivity contribution >= 4 is 23.4 Å². The second-order valence-corrected chi connectivity index (χ2v) is 3.77. The van der Waals surface area contributed by atoms with E-state index in [2.05, 4.69) is 5.32 Å². The second kappa shape index (κ2) is 4.86. The monoisotopic (exact) mass is 235 g/mol. The Balaban J connectivity index is 1.97. The number of benzene rings is 1. The smallest absolute Gasteiger partial charge is 0.231 e. The van der Waals surface area contributed by atoms with Gasteiger partial charge >= 0.3 is 0 Å². The summed E-state index contributed by atoms with van der Waals surface area (Å²) < 4.78 is 5.01. The number of carbonyl (C=O) groups excluding carboxylic acids is 1. The Labute approximate surface area is 98.0 Å². The SMILES string of the molecule is O=C(Cc1cccc(Cl)c1)Nc1ccco1. The van der Waals surface area contributed by atoms with E-state index in [1.165, 1.54) is 6.26 Å². The number of amides is 1. The molecule has 2 aromatic rings. The van der Waals surface area contributed by atoms with Crippen molar-refractivity contribution < 1.29 is 9.21 Å². The quantitative estimate of drug-likeness (QED) is 0.888. The molecule has 0 atom stereocenters. The number of carbonyl (C=O) groups is 1. The molecule has 0 saturated carbocycles. The molecule has 1 heterocycles. The summed E-state index contributed by atoms with van der Waals surface area (Å²) in [5, 5.41) is 3.27. The van der Waals surface area contributed by atoms with Gasteiger partial charge in [-0.05, 0) is 23.8 Å². The minimum atomic E-state index is -0.128. The van der Waals surface area contributed by atoms with Gasteiger partial charge in [-0.15, -0.1) is 0 Å². The fraction of sp³-hybridized carbons (Fsp3) is 0.0833. The van der Waals surface area contributed by atoms with Crippen LogP contribution < -0.4 is 5.32 Å². The maximum absolute atomic E-state index is 11.6. The largest absolute Gasteiger partial charge is 0.449 e. The van der Waals surface area contributed by atoms with Crippen LogP contribution in [-0.4, -0.2) is 5.91 Å². The van der Waals surface area contributed by atoms with Gasteiger partial charge in [0.05, 0.1) is 12.7 Å². The van der Waals surface area contributed by atoms with E-state index < -0.39 is 0 Å². The van der Waals surface area contributed by atoms with Gasteiger partial charge in [0.2, 0.25) is 5.91 Å². The van der Waals surface area contributed by atoms with Crippen molar-refractivity contribution in [3.63, 3.8) is 0 Å². The van der Waals surface area contributed by atoms with Gasteiger partial charge in [-0.3, -0.25) is 10.1 Å². The number of rotatable bonds is 3. The third kappa shape index (κ3) is 2.87. The van der Waals surface area contributed by atoms with Gasteiger partial charge in [-0.1, -0.05) is 23.7 Å². The van der Waals surface area contributed by atoms with Gasteiger partial charge in [-0.2, -0.15) is 0 Å². The molecule has 1 amide bonds. The Morgan fingerprint density at radius 3 is 2.88 bits per heavy atom. The number of hydrogen-bond acceptors (Lipinski definition) is 2. The summed E-state index contributed by atoms with van der Waals surface area (Å²) in [6.07, 6.45) is 1.79. The third-order valence-electron chi connectivity index (χ3n) is 2.04. The molecule has 0 radical (unpaired) electrons. The summed E-state index contributed by atoms with van der Waals surface area (Å²) in [5.41, 5.74) is 0.872. The number of halogens is 1. The topological polar surface area (TPSA) is 42.2 Å². The van der Waals surface area contributed by atoms with Crippen LogP contribution in [0.2, 0.25) is 5.02 Å². The summed E-state index contributed by atoms with van der Waals surface area (Å²) in [6, 6.07) is 10.6. The molecule has 0 fully saturated rings. The Morgan fingerprint density at radius 1 is 1.31 bits per heavy atom. The van der Waals surface area contributed by atoms with Crippen LogP contribution in [0.1, 0.15) is 5.56 Å². The van der Waals surface area contributed by atoms with Crippen LogP contribution in [0.5, 0.6) is 0 Å². The molecular formula is C12H10ClNO2. The lowest BCUT2D eigenvalue weighted by Crippen LogP contribution is -2.13. The van der Waals surface area contributed by atoms with E-state index in [0.717, 1.165) is 5.56 Å². The molecule has 0 bridgehead atoms. The van der Waals surface area contributed by atoms with Crippen LogP contribution >= 0.6 is 11.6 Å². The predicted molar refractivity (Wildman–Crippen MR) is 62.5 cm³/mol. The lowest BCUT2D eigenvalue weighted by Gasteiger charge is -2.02. The molecule has 0 aliphatic heterocycles. The summed E-state index contributed by atoms with van der Waals surface area (Å²) in [4.78, 5) is 11.6. The zero-order valence-corrected chi connectivity index (χ0v) is 9.20. The average molecular weight is 236 g/mol. The van der Waals surface area contributed by atoms with Crippen molar-refractivity contribution in [3.05, 3.63) is 53.2 Å². The van der Waals surface area contributed by atoms with E-state index in [4.69, 9.17) is 16.0 Å². The van der Waals surface area contributed by atoms with E-state index in [1.54, 1.807) is 24.3 Å². The highest BCUT2D eigenvalue weighted by Crippen LogP contribution is 2.12. The molecular weight excluding hydrogens is 226 g/mol. The molecule has 16 heavy (non-hydrogen) atoms. The maximum Gasteiger partial charge on any atom is 0.231 e. The molecule has 2 rings (SSSR count). The molecule has 0 saturated heterocycles. The van der Waals surface area contributed by atoms with Crippen molar-refractivity contribution in [2.75, 3.05) is 5.32 Å². The number of nitrogens with one attached hydrogen (secondary N) is 1. The standard InChI is InChI=1S/C12H10ClNO2/c13-10-4-1-3-9(7-10)8-11(15)14-12-5-2-6-16-12/h1-7H,8H2,(H,14,15). The second-order valence-electron chi connectivity index (χ2n) is 3.33. The highest BCUT2D eigenvalue weighted by atomic mass is 35.5. The van der Waals surface area contributed by atoms with E-state index in [1.807, 2.05) is 12.1 Å². The summed E-state index contributed by atoms with van der Waals surface area (Å²) >= 11 is 5.82. The Bertz CT molecular complexity index is 480. The lowest BCUT2D eigenvalue weighted by molar-refractivity contribution is -0.115. The molecule has 0 aliphatic carbocycles. The van der Waals surface area contributed by atoms with Gasteiger partial charge in [0, 0.05) is 11.1 Å². The van der Waals surface area contributed by atoms with E-state index in [-0.39, 0.29) is 12.3 Å². The number of hydrogen-bond donors (Lipinski definition) is 1. The molecule has 1 N–H and O–H groups in total. The highest BCUT2D eigenvalue weighted by molar-refractivity contribution is 6.30. The van der Waals surface area contributed by atoms with Crippen molar-refractivity contribution in [3.8, 4) is 0 Å². The normalized spacial score (nSPS) is 10.1. The van der Waals surface area contributed by atoms with Gasteiger partial charge < -0.3 is 4.42 Å². The Morgan fingerprint density at radius 2 is 2.19 bits per heavy atom. The van der Waals surface area contributed by atoms with Crippen LogP contribution in [0.15, 0.2) is 47.1 Å². The van der Waals surface area contributed by atoms with E-state index >= 15 is 0 Å². The Hall–Kier alpha value is -1.74. The number of anilines is 1. The van der Waals surface area contributed by atoms with Gasteiger partial charge in [0.1, 0.15) is 0 Å². The number of furan rings is 1. The summed E-state index contributed by atoms with van der Waals surface area (Å²) in [5.74, 6) is 0.323. The molecule has 0 unspecified atom stereocenters. The summed E-state index contributed by atoms with van der Waals surface area (Å²) in [7, 11) is 0. The zero-order valence-electron chi connectivity index (χ0n) is 8.44. The highest BCUT2D eigenvalue weighted by Gasteiger charge is 2.05. The lowest BCUT2D eigenvalue weighted by atomic mass is 10.1. The first-order chi connectivity index (χ1) is 7.74. The first-order valence-electron chi connectivity index (χ1n) is 4.82. The molecule has 0 aliphatic rings. The first kappa shape index (κ1) is 10.8. The van der Waals surface area contributed by atoms with Gasteiger partial charge in [0.25, 0.3) is 0 Å². The van der Waals surface area contributed by atoms with Crippen LogP contribution in [0.25, 0.3) is 0 Å². The van der Waals surface area contributed by atoms with Crippen LogP contribution in [-0.2, 0) is 11.2 Å². The van der Waals surface area contributed by atoms with Crippen molar-refractivity contribution in [1.29, 1.82) is 0 Å². The van der Waals surface area contributed by atoms with Crippen LogP contribution in [0.4, 0.5) is 5.88 Å². The van der Waals surface area contributed by atoms with E-state index in [9.17, 15) is 4.79 Å². The van der Waals surface area contributed by atoms with Gasteiger partial charge in [0.15, 0.2) is 5.88 Å². The van der Waals surface area contributed by atoms with Gasteiger partial charge in [-0.25, -0.2) is 0 Å². The summed E-state index contributed by atoms with van der Waals surface area (Å²) in [6.45, 7) is 0. The predicted octanol–water partition coefficient (Wildman–Crippen LogP) is 3.11. The molecule has 3 nitrogen and oxygen atoms in total. The molecule has 0 spiro atoms. The van der Waals surface area contributed by atoms with Crippen molar-refractivity contribution in [2.45, 2.75) is 6.42 Å². The fourth-order valence-electron chi connectivity index (χ4n) is 1.36. The fourth-order valence-corrected chi connectivity index (χ4v) is 1.58. The maximum atomic E-state index is 11.6. The van der Waals surface area contributed by atoms with Crippen molar-refractivity contribution in [2.24, 2.45) is 0 Å². The molecule has 1 aromatic carbocycles. The minimum Gasteiger partial charge on any atom is -0.449 e. The van der Waals surface area contributed by atoms with Crippen molar-refractivity contribution in [1.82, 2.24) is 0 Å². The van der Waals surface area contributed by atoms with Crippen LogP contribution in [0.3, 0.4) is 0 Å². The molecule has 4 heteroatoms. The first-order valence-corrected chi connectivity index (χ1v) is 5.19. The Kier molecular flexibility index (Phi) is 3.27. The zero-order chi connectivity index (χ0) is 11.4.